The third-order valence-corrected chi connectivity index (χ3v) is 5.24. The van der Waals surface area contributed by atoms with Crippen LogP contribution in [-0.2, 0) is 42.7 Å². The van der Waals surface area contributed by atoms with Crippen molar-refractivity contribution in [3.8, 4) is 0 Å². The van der Waals surface area contributed by atoms with Gasteiger partial charge in [0.2, 0.25) is 11.8 Å². The van der Waals surface area contributed by atoms with E-state index in [2.05, 4.69) is 15.5 Å². The van der Waals surface area contributed by atoms with Crippen LogP contribution < -0.4 is 5.32 Å². The van der Waals surface area contributed by atoms with Crippen molar-refractivity contribution in [3.05, 3.63) is 34.4 Å². The fraction of sp³-hybridized carbons (Fsp3) is 0.579. The molecule has 0 aliphatic carbocycles. The molecule has 0 spiro atoms. The number of carbonyl (C=O) groups is 2. The number of carbonyl (C=O) groups excluding carboxylic acids is 2. The van der Waals surface area contributed by atoms with Gasteiger partial charge in [-0.25, -0.2) is 0 Å². The summed E-state index contributed by atoms with van der Waals surface area (Å²) in [7, 11) is 1.92. The zero-order chi connectivity index (χ0) is 19.6. The Morgan fingerprint density at radius 1 is 1.22 bits per heavy atom. The van der Waals surface area contributed by atoms with Crippen molar-refractivity contribution in [2.75, 3.05) is 6.54 Å². The molecule has 146 valence electrons. The minimum absolute atomic E-state index is 0.00575. The lowest BCUT2D eigenvalue weighted by atomic mass is 10.1. The summed E-state index contributed by atoms with van der Waals surface area (Å²) >= 11 is 0. The maximum Gasteiger partial charge on any atom is 0.220 e. The second kappa shape index (κ2) is 7.94. The van der Waals surface area contributed by atoms with Gasteiger partial charge in [0, 0.05) is 39.2 Å². The lowest BCUT2D eigenvalue weighted by Gasteiger charge is -2.17. The van der Waals surface area contributed by atoms with Crippen molar-refractivity contribution in [3.63, 3.8) is 0 Å². The van der Waals surface area contributed by atoms with Crippen LogP contribution >= 0.6 is 0 Å². The lowest BCUT2D eigenvalue weighted by molar-refractivity contribution is -0.129. The molecule has 0 unspecified atom stereocenters. The smallest absolute Gasteiger partial charge is 0.220 e. The van der Waals surface area contributed by atoms with Crippen LogP contribution in [0.1, 0.15) is 48.1 Å². The first-order valence-corrected chi connectivity index (χ1v) is 9.42. The van der Waals surface area contributed by atoms with Crippen LogP contribution in [0.5, 0.6) is 0 Å². The predicted molar refractivity (Wildman–Crippen MR) is 101 cm³/mol. The standard InChI is InChI=1S/C19H28N6O2/c1-13-18(14(2)23(4)21-13)6-7-19(27)20-11-16-10-17-12-24(15(3)26)8-5-9-25(17)22-16/h10H,5-9,11-12H2,1-4H3,(H,20,27). The van der Waals surface area contributed by atoms with Crippen LogP contribution in [0.15, 0.2) is 6.07 Å². The van der Waals surface area contributed by atoms with Gasteiger partial charge in [-0.2, -0.15) is 10.2 Å². The van der Waals surface area contributed by atoms with Crippen molar-refractivity contribution >= 4 is 11.8 Å². The van der Waals surface area contributed by atoms with E-state index >= 15 is 0 Å². The number of aromatic nitrogens is 4. The third-order valence-electron chi connectivity index (χ3n) is 5.24. The van der Waals surface area contributed by atoms with Crippen molar-refractivity contribution in [2.24, 2.45) is 7.05 Å². The van der Waals surface area contributed by atoms with E-state index in [4.69, 9.17) is 0 Å². The monoisotopic (exact) mass is 372 g/mol. The molecule has 0 aromatic carbocycles. The summed E-state index contributed by atoms with van der Waals surface area (Å²) in [5, 5.41) is 11.9. The molecule has 0 saturated carbocycles. The highest BCUT2D eigenvalue weighted by Gasteiger charge is 2.18. The molecule has 1 aliphatic heterocycles. The predicted octanol–water partition coefficient (Wildman–Crippen LogP) is 1.23. The Balaban J connectivity index is 1.54. The van der Waals surface area contributed by atoms with Crippen LogP contribution in [0.25, 0.3) is 0 Å². The average molecular weight is 372 g/mol. The Labute approximate surface area is 159 Å². The summed E-state index contributed by atoms with van der Waals surface area (Å²) in [6.45, 7) is 8.14. The van der Waals surface area contributed by atoms with E-state index in [1.165, 1.54) is 0 Å². The Bertz CT molecular complexity index is 851. The van der Waals surface area contributed by atoms with Gasteiger partial charge in [-0.3, -0.25) is 19.0 Å². The topological polar surface area (TPSA) is 85.1 Å². The first-order chi connectivity index (χ1) is 12.8. The fourth-order valence-electron chi connectivity index (χ4n) is 3.57. The number of rotatable bonds is 5. The highest BCUT2D eigenvalue weighted by atomic mass is 16.2. The molecule has 2 aromatic heterocycles. The summed E-state index contributed by atoms with van der Waals surface area (Å²) in [5.74, 6) is 0.0895. The molecule has 1 aliphatic rings. The van der Waals surface area contributed by atoms with Gasteiger partial charge in [-0.05, 0) is 38.3 Å². The number of hydrogen-bond donors (Lipinski definition) is 1. The molecule has 0 fully saturated rings. The maximum atomic E-state index is 12.2. The number of fused-ring (bicyclic) bond motifs is 1. The van der Waals surface area contributed by atoms with Crippen molar-refractivity contribution in [1.29, 1.82) is 0 Å². The molecule has 27 heavy (non-hydrogen) atoms. The number of hydrogen-bond acceptors (Lipinski definition) is 4. The molecule has 0 atom stereocenters. The molecule has 0 bridgehead atoms. The fourth-order valence-corrected chi connectivity index (χ4v) is 3.57. The third kappa shape index (κ3) is 4.37. The molecule has 0 radical (unpaired) electrons. The van der Waals surface area contributed by atoms with Gasteiger partial charge in [0.1, 0.15) is 0 Å². The van der Waals surface area contributed by atoms with Crippen LogP contribution in [0.3, 0.4) is 0 Å². The summed E-state index contributed by atoms with van der Waals surface area (Å²) < 4.78 is 3.80. The average Bonchev–Trinajstić information content (AvgIpc) is 3.02. The number of amides is 2. The van der Waals surface area contributed by atoms with E-state index in [-0.39, 0.29) is 11.8 Å². The minimum atomic E-state index is 0.00575. The van der Waals surface area contributed by atoms with E-state index in [9.17, 15) is 9.59 Å². The first kappa shape index (κ1) is 19.1. The number of nitrogens with zero attached hydrogens (tertiary/aromatic N) is 5. The molecule has 2 aromatic rings. The van der Waals surface area contributed by atoms with Gasteiger partial charge in [0.25, 0.3) is 0 Å². The van der Waals surface area contributed by atoms with E-state index in [0.717, 1.165) is 47.8 Å². The summed E-state index contributed by atoms with van der Waals surface area (Å²) in [5.41, 5.74) is 5.08. The van der Waals surface area contributed by atoms with Crippen molar-refractivity contribution in [2.45, 2.75) is 59.7 Å². The van der Waals surface area contributed by atoms with Crippen LogP contribution in [-0.4, -0.2) is 42.8 Å². The Morgan fingerprint density at radius 2 is 2.00 bits per heavy atom. The maximum absolute atomic E-state index is 12.2. The SMILES string of the molecule is CC(=O)N1CCCn2nc(CNC(=O)CCc3c(C)nn(C)c3C)cc2C1. The van der Waals surface area contributed by atoms with Gasteiger partial charge in [-0.15, -0.1) is 0 Å². The van der Waals surface area contributed by atoms with Gasteiger partial charge >= 0.3 is 0 Å². The first-order valence-electron chi connectivity index (χ1n) is 9.42. The van der Waals surface area contributed by atoms with E-state index < -0.39 is 0 Å². The molecule has 8 heteroatoms. The van der Waals surface area contributed by atoms with Crippen LogP contribution in [0.4, 0.5) is 0 Å². The Hall–Kier alpha value is -2.64. The molecule has 3 heterocycles. The minimum Gasteiger partial charge on any atom is -0.350 e. The van der Waals surface area contributed by atoms with E-state index in [1.54, 1.807) is 6.92 Å². The Kier molecular flexibility index (Phi) is 5.62. The summed E-state index contributed by atoms with van der Waals surface area (Å²) in [4.78, 5) is 25.7. The van der Waals surface area contributed by atoms with Crippen LogP contribution in [0.2, 0.25) is 0 Å². The number of aryl methyl sites for hydroxylation is 3. The molecule has 8 nitrogen and oxygen atoms in total. The quantitative estimate of drug-likeness (QED) is 0.856. The highest BCUT2D eigenvalue weighted by molar-refractivity contribution is 5.76. The summed E-state index contributed by atoms with van der Waals surface area (Å²) in [6, 6.07) is 1.98. The van der Waals surface area contributed by atoms with Crippen molar-refractivity contribution in [1.82, 2.24) is 29.8 Å². The summed E-state index contributed by atoms with van der Waals surface area (Å²) in [6.07, 6.45) is 2.01. The molecule has 1 N–H and O–H groups in total. The second-order valence-electron chi connectivity index (χ2n) is 7.19. The zero-order valence-electron chi connectivity index (χ0n) is 16.6. The Morgan fingerprint density at radius 3 is 2.67 bits per heavy atom. The molecule has 2 amide bonds. The normalized spacial score (nSPS) is 14.0. The molecular formula is C19H28N6O2. The van der Waals surface area contributed by atoms with E-state index in [0.29, 0.717) is 25.9 Å². The molecular weight excluding hydrogens is 344 g/mol. The lowest BCUT2D eigenvalue weighted by Crippen LogP contribution is -2.28. The highest BCUT2D eigenvalue weighted by Crippen LogP contribution is 2.15. The second-order valence-corrected chi connectivity index (χ2v) is 7.19. The van der Waals surface area contributed by atoms with Gasteiger partial charge < -0.3 is 10.2 Å². The van der Waals surface area contributed by atoms with Gasteiger partial charge in [0.15, 0.2) is 0 Å². The van der Waals surface area contributed by atoms with E-state index in [1.807, 2.05) is 41.2 Å². The zero-order valence-corrected chi connectivity index (χ0v) is 16.6. The van der Waals surface area contributed by atoms with Gasteiger partial charge in [0.05, 0.1) is 30.2 Å². The number of nitrogens with one attached hydrogen (secondary N) is 1. The van der Waals surface area contributed by atoms with Crippen molar-refractivity contribution < 1.29 is 9.59 Å². The molecule has 3 rings (SSSR count). The van der Waals surface area contributed by atoms with Gasteiger partial charge in [-0.1, -0.05) is 0 Å². The molecule has 0 saturated heterocycles. The largest absolute Gasteiger partial charge is 0.350 e. The van der Waals surface area contributed by atoms with Crippen LogP contribution in [0, 0.1) is 13.8 Å².